The maximum Gasteiger partial charge on any atom is 0.416 e. The number of alkyl halides is 3. The van der Waals surface area contributed by atoms with E-state index in [0.717, 1.165) is 12.1 Å². The fourth-order valence-corrected chi connectivity index (χ4v) is 4.98. The summed E-state index contributed by atoms with van der Waals surface area (Å²) in [6.07, 6.45) is -3.84. The minimum atomic E-state index is -4.45. The van der Waals surface area contributed by atoms with Crippen molar-refractivity contribution in [2.75, 3.05) is 12.3 Å². The van der Waals surface area contributed by atoms with Crippen LogP contribution >= 0.6 is 0 Å². The number of halogens is 3. The van der Waals surface area contributed by atoms with Crippen molar-refractivity contribution in [3.8, 4) is 0 Å². The van der Waals surface area contributed by atoms with Crippen molar-refractivity contribution in [3.05, 3.63) is 34.9 Å². The molecule has 0 aliphatic carbocycles. The number of carbonyl (C=O) groups is 1. The molecular formula is C18H25F3N2O4S. The van der Waals surface area contributed by atoms with Crippen LogP contribution < -0.4 is 0 Å². The van der Waals surface area contributed by atoms with Crippen LogP contribution in [0.25, 0.3) is 0 Å². The predicted octanol–water partition coefficient (Wildman–Crippen LogP) is 3.05. The molecule has 0 spiro atoms. The van der Waals surface area contributed by atoms with E-state index in [1.54, 1.807) is 0 Å². The summed E-state index contributed by atoms with van der Waals surface area (Å²) in [6.45, 7) is 5.60. The van der Waals surface area contributed by atoms with E-state index in [0.29, 0.717) is 16.2 Å². The summed E-state index contributed by atoms with van der Waals surface area (Å²) in [6, 6.07) is 2.38. The van der Waals surface area contributed by atoms with Gasteiger partial charge >= 0.3 is 6.18 Å². The van der Waals surface area contributed by atoms with E-state index < -0.39 is 33.6 Å². The molecule has 0 bridgehead atoms. The molecule has 1 aliphatic rings. The second kappa shape index (κ2) is 8.00. The van der Waals surface area contributed by atoms with Crippen molar-refractivity contribution < 1.29 is 31.6 Å². The highest BCUT2D eigenvalue weighted by Gasteiger charge is 2.35. The van der Waals surface area contributed by atoms with Gasteiger partial charge in [0.05, 0.1) is 17.4 Å². The lowest BCUT2D eigenvalue weighted by atomic mass is 9.88. The van der Waals surface area contributed by atoms with Gasteiger partial charge in [-0.05, 0) is 41.5 Å². The summed E-state index contributed by atoms with van der Waals surface area (Å²) < 4.78 is 65.4. The number of hydroxylamine groups is 2. The second-order valence-electron chi connectivity index (χ2n) is 8.25. The summed E-state index contributed by atoms with van der Waals surface area (Å²) in [4.78, 5) is 10.9. The largest absolute Gasteiger partial charge is 0.416 e. The Morgan fingerprint density at radius 1 is 1.25 bits per heavy atom. The third-order valence-corrected chi connectivity index (χ3v) is 6.54. The molecule has 1 aromatic carbocycles. The van der Waals surface area contributed by atoms with Gasteiger partial charge in [-0.15, -0.1) is 0 Å². The smallest absolute Gasteiger partial charge is 0.286 e. The molecule has 10 heteroatoms. The van der Waals surface area contributed by atoms with Gasteiger partial charge in [-0.1, -0.05) is 26.8 Å². The number of sulfonamides is 1. The molecule has 1 unspecified atom stereocenters. The number of hydrogen-bond donors (Lipinski definition) is 1. The fraction of sp³-hybridized carbons (Fsp3) is 0.611. The Kier molecular flexibility index (Phi) is 6.47. The first-order chi connectivity index (χ1) is 12.7. The van der Waals surface area contributed by atoms with Crippen molar-refractivity contribution in [1.82, 2.24) is 9.37 Å². The van der Waals surface area contributed by atoms with Crippen molar-refractivity contribution in [3.63, 3.8) is 0 Å². The van der Waals surface area contributed by atoms with Gasteiger partial charge in [0.1, 0.15) is 0 Å². The number of rotatable bonds is 6. The average Bonchev–Trinajstić information content (AvgIpc) is 2.57. The van der Waals surface area contributed by atoms with Crippen LogP contribution in [0.1, 0.15) is 43.9 Å². The molecule has 0 saturated carbocycles. The number of carbonyl (C=O) groups excluding carboxylic acids is 1. The van der Waals surface area contributed by atoms with Crippen LogP contribution in [0, 0.1) is 5.41 Å². The molecule has 2 rings (SSSR count). The average molecular weight is 422 g/mol. The van der Waals surface area contributed by atoms with Gasteiger partial charge in [-0.3, -0.25) is 10.0 Å². The zero-order chi connectivity index (χ0) is 21.3. The van der Waals surface area contributed by atoms with Crippen LogP contribution in [0.4, 0.5) is 13.2 Å². The molecule has 1 atom stereocenters. The number of benzene rings is 1. The number of amides is 1. The number of fused-ring (bicyclic) bond motifs is 1. The molecule has 1 aliphatic heterocycles. The Morgan fingerprint density at radius 3 is 2.43 bits per heavy atom. The topological polar surface area (TPSA) is 77.9 Å². The quantitative estimate of drug-likeness (QED) is 0.434. The Labute approximate surface area is 162 Å². The lowest BCUT2D eigenvalue weighted by Gasteiger charge is -2.33. The van der Waals surface area contributed by atoms with Gasteiger partial charge < -0.3 is 0 Å². The van der Waals surface area contributed by atoms with Crippen molar-refractivity contribution in [2.45, 2.75) is 52.4 Å². The first-order valence-electron chi connectivity index (χ1n) is 8.82. The van der Waals surface area contributed by atoms with E-state index in [1.165, 1.54) is 10.4 Å². The van der Waals surface area contributed by atoms with Crippen LogP contribution in [0.3, 0.4) is 0 Å². The molecule has 28 heavy (non-hydrogen) atoms. The molecule has 0 saturated heterocycles. The van der Waals surface area contributed by atoms with Gasteiger partial charge in [0.15, 0.2) is 0 Å². The van der Waals surface area contributed by atoms with Crippen molar-refractivity contribution in [1.29, 1.82) is 0 Å². The van der Waals surface area contributed by atoms with Gasteiger partial charge in [0, 0.05) is 13.1 Å². The van der Waals surface area contributed by atoms with Crippen LogP contribution in [0.15, 0.2) is 18.2 Å². The fourth-order valence-electron chi connectivity index (χ4n) is 3.31. The van der Waals surface area contributed by atoms with Crippen LogP contribution in [0.5, 0.6) is 0 Å². The van der Waals surface area contributed by atoms with E-state index in [1.807, 2.05) is 20.8 Å². The molecule has 6 nitrogen and oxygen atoms in total. The summed E-state index contributed by atoms with van der Waals surface area (Å²) in [5.41, 5.74) is -0.0857. The van der Waals surface area contributed by atoms with Gasteiger partial charge in [0.2, 0.25) is 16.4 Å². The summed E-state index contributed by atoms with van der Waals surface area (Å²) in [5.74, 6) is -0.463. The van der Waals surface area contributed by atoms with Gasteiger partial charge in [0.25, 0.3) is 0 Å². The third kappa shape index (κ3) is 5.68. The molecule has 0 radical (unpaired) electrons. The first kappa shape index (κ1) is 22.6. The lowest BCUT2D eigenvalue weighted by Crippen LogP contribution is -2.45. The molecule has 1 heterocycles. The van der Waals surface area contributed by atoms with Gasteiger partial charge in [-0.25, -0.2) is 13.5 Å². The molecule has 1 amide bonds. The SMILES string of the molecule is CC(C)(C)CC(CS(=O)(=O)N1CCc2cc(C(F)(F)F)ccc2C1)N(O)C=O. The van der Waals surface area contributed by atoms with Crippen LogP contribution in [-0.4, -0.2) is 47.7 Å². The minimum Gasteiger partial charge on any atom is -0.286 e. The van der Waals surface area contributed by atoms with E-state index in [2.05, 4.69) is 0 Å². The van der Waals surface area contributed by atoms with Crippen LogP contribution in [0.2, 0.25) is 0 Å². The molecule has 158 valence electrons. The normalized spacial score (nSPS) is 17.1. The highest BCUT2D eigenvalue weighted by molar-refractivity contribution is 7.89. The van der Waals surface area contributed by atoms with E-state index >= 15 is 0 Å². The highest BCUT2D eigenvalue weighted by Crippen LogP contribution is 2.33. The Bertz CT molecular complexity index is 819. The van der Waals surface area contributed by atoms with Crippen LogP contribution in [-0.2, 0) is 34.0 Å². The summed E-state index contributed by atoms with van der Waals surface area (Å²) in [7, 11) is -3.84. The summed E-state index contributed by atoms with van der Waals surface area (Å²) >= 11 is 0. The predicted molar refractivity (Wildman–Crippen MR) is 96.9 cm³/mol. The summed E-state index contributed by atoms with van der Waals surface area (Å²) in [5, 5.41) is 10.2. The molecular weight excluding hydrogens is 397 g/mol. The third-order valence-electron chi connectivity index (χ3n) is 4.64. The first-order valence-corrected chi connectivity index (χ1v) is 10.4. The second-order valence-corrected chi connectivity index (χ2v) is 10.3. The monoisotopic (exact) mass is 422 g/mol. The molecule has 1 N–H and O–H groups in total. The van der Waals surface area contributed by atoms with E-state index in [4.69, 9.17) is 0 Å². The number of hydrogen-bond acceptors (Lipinski definition) is 4. The zero-order valence-electron chi connectivity index (χ0n) is 16.0. The molecule has 0 aromatic heterocycles. The standard InChI is InChI=1S/C18H25F3N2O4S/c1-17(2,3)9-16(23(25)12-24)11-28(26,27)22-7-6-13-8-15(18(19,20)21)5-4-14(13)10-22/h4-5,8,12,16,25H,6-7,9-11H2,1-3H3. The number of nitrogens with zero attached hydrogens (tertiary/aromatic N) is 2. The Morgan fingerprint density at radius 2 is 1.89 bits per heavy atom. The molecule has 1 aromatic rings. The zero-order valence-corrected chi connectivity index (χ0v) is 16.8. The maximum atomic E-state index is 12.8. The van der Waals surface area contributed by atoms with Crippen molar-refractivity contribution in [2.24, 2.45) is 5.41 Å². The van der Waals surface area contributed by atoms with E-state index in [9.17, 15) is 31.6 Å². The minimum absolute atomic E-state index is 0.0371. The lowest BCUT2D eigenvalue weighted by molar-refractivity contribution is -0.160. The van der Waals surface area contributed by atoms with E-state index in [-0.39, 0.29) is 37.8 Å². The molecule has 0 fully saturated rings. The van der Waals surface area contributed by atoms with Gasteiger partial charge in [-0.2, -0.15) is 17.5 Å². The Balaban J connectivity index is 2.19. The maximum absolute atomic E-state index is 12.8. The Hall–Kier alpha value is -1.65. The highest BCUT2D eigenvalue weighted by atomic mass is 32.2. The van der Waals surface area contributed by atoms with Crippen molar-refractivity contribution >= 4 is 16.4 Å².